The fraction of sp³-hybridized carbons (Fsp3) is 0.250. The monoisotopic (exact) mass is 377 g/mol. The van der Waals surface area contributed by atoms with Crippen LogP contribution in [0, 0.1) is 0 Å². The van der Waals surface area contributed by atoms with Crippen LogP contribution in [0.4, 0.5) is 0 Å². The van der Waals surface area contributed by atoms with Gasteiger partial charge in [-0.1, -0.05) is 60.7 Å². The van der Waals surface area contributed by atoms with Crippen molar-refractivity contribution in [3.05, 3.63) is 101 Å². The van der Waals surface area contributed by atoms with E-state index in [9.17, 15) is 10.2 Å². The highest BCUT2D eigenvalue weighted by atomic mass is 16.5. The van der Waals surface area contributed by atoms with Gasteiger partial charge in [-0.15, -0.1) is 0 Å². The number of nitrogens with zero attached hydrogens (tertiary/aromatic N) is 1. The Hall–Kier alpha value is -2.66. The lowest BCUT2D eigenvalue weighted by molar-refractivity contribution is 0.247. The third-order valence-electron chi connectivity index (χ3n) is 4.79. The summed E-state index contributed by atoms with van der Waals surface area (Å²) in [6.07, 6.45) is 0. The standard InChI is InChI=1S/C24H27NO3/c1-28-24-12-10-21(11-13-24)16-25(14-19-2-6-22(17-26)7-3-19)15-20-4-8-23(18-27)9-5-20/h2-13,26-27H,14-18H2,1H3. The van der Waals surface area contributed by atoms with E-state index in [2.05, 4.69) is 41.3 Å². The second-order valence-electron chi connectivity index (χ2n) is 6.94. The molecule has 0 unspecified atom stereocenters. The zero-order valence-corrected chi connectivity index (χ0v) is 16.2. The second-order valence-corrected chi connectivity index (χ2v) is 6.94. The minimum absolute atomic E-state index is 0.0625. The van der Waals surface area contributed by atoms with Gasteiger partial charge in [0.25, 0.3) is 0 Å². The average Bonchev–Trinajstić information content (AvgIpc) is 2.75. The van der Waals surface area contributed by atoms with Gasteiger partial charge in [0.15, 0.2) is 0 Å². The van der Waals surface area contributed by atoms with Crippen LogP contribution in [0.3, 0.4) is 0 Å². The van der Waals surface area contributed by atoms with Crippen LogP contribution in [0.2, 0.25) is 0 Å². The molecule has 28 heavy (non-hydrogen) atoms. The molecule has 0 atom stereocenters. The van der Waals surface area contributed by atoms with Crippen molar-refractivity contribution in [2.75, 3.05) is 7.11 Å². The highest BCUT2D eigenvalue weighted by Gasteiger charge is 2.09. The molecule has 0 saturated carbocycles. The van der Waals surface area contributed by atoms with E-state index >= 15 is 0 Å². The molecule has 0 aliphatic carbocycles. The van der Waals surface area contributed by atoms with E-state index in [1.165, 1.54) is 16.7 Å². The van der Waals surface area contributed by atoms with Gasteiger partial charge in [-0.25, -0.2) is 0 Å². The van der Waals surface area contributed by atoms with E-state index in [-0.39, 0.29) is 13.2 Å². The molecule has 0 spiro atoms. The van der Waals surface area contributed by atoms with E-state index in [1.807, 2.05) is 36.4 Å². The number of methoxy groups -OCH3 is 1. The van der Waals surface area contributed by atoms with Gasteiger partial charge in [-0.2, -0.15) is 0 Å². The molecule has 3 aromatic carbocycles. The van der Waals surface area contributed by atoms with E-state index in [1.54, 1.807) is 7.11 Å². The smallest absolute Gasteiger partial charge is 0.118 e. The summed E-state index contributed by atoms with van der Waals surface area (Å²) in [5, 5.41) is 18.5. The summed E-state index contributed by atoms with van der Waals surface area (Å²) in [5.74, 6) is 0.856. The topological polar surface area (TPSA) is 52.9 Å². The number of aliphatic hydroxyl groups is 2. The first kappa shape index (κ1) is 20.1. The fourth-order valence-electron chi connectivity index (χ4n) is 3.17. The first-order chi connectivity index (χ1) is 13.7. The molecule has 0 radical (unpaired) electrons. The van der Waals surface area contributed by atoms with Crippen molar-refractivity contribution in [3.8, 4) is 5.75 Å². The summed E-state index contributed by atoms with van der Waals surface area (Å²) in [6, 6.07) is 24.3. The number of aliphatic hydroxyl groups excluding tert-OH is 2. The van der Waals surface area contributed by atoms with Gasteiger partial charge in [-0.3, -0.25) is 4.90 Å². The third kappa shape index (κ3) is 5.67. The number of ether oxygens (including phenoxy) is 1. The minimum Gasteiger partial charge on any atom is -0.497 e. The maximum absolute atomic E-state index is 9.25. The molecular weight excluding hydrogens is 350 g/mol. The number of benzene rings is 3. The molecule has 0 amide bonds. The Morgan fingerprint density at radius 1 is 0.571 bits per heavy atom. The largest absolute Gasteiger partial charge is 0.497 e. The van der Waals surface area contributed by atoms with Gasteiger partial charge < -0.3 is 14.9 Å². The van der Waals surface area contributed by atoms with Crippen LogP contribution >= 0.6 is 0 Å². The molecule has 3 rings (SSSR count). The number of hydrogen-bond acceptors (Lipinski definition) is 4. The fourth-order valence-corrected chi connectivity index (χ4v) is 3.17. The summed E-state index contributed by atoms with van der Waals surface area (Å²) >= 11 is 0. The SMILES string of the molecule is COc1ccc(CN(Cc2ccc(CO)cc2)Cc2ccc(CO)cc2)cc1. The first-order valence-corrected chi connectivity index (χ1v) is 9.43. The quantitative estimate of drug-likeness (QED) is 0.594. The molecule has 0 fully saturated rings. The Labute approximate surface area is 166 Å². The van der Waals surface area contributed by atoms with Gasteiger partial charge in [0.1, 0.15) is 5.75 Å². The van der Waals surface area contributed by atoms with E-state index in [0.29, 0.717) is 0 Å². The minimum atomic E-state index is 0.0625. The number of rotatable bonds is 9. The van der Waals surface area contributed by atoms with Crippen molar-refractivity contribution in [1.82, 2.24) is 4.90 Å². The Morgan fingerprint density at radius 2 is 0.893 bits per heavy atom. The summed E-state index contributed by atoms with van der Waals surface area (Å²) in [4.78, 5) is 2.38. The normalized spacial score (nSPS) is 11.0. The van der Waals surface area contributed by atoms with E-state index in [0.717, 1.165) is 36.5 Å². The summed E-state index contributed by atoms with van der Waals surface area (Å²) < 4.78 is 5.25. The average molecular weight is 377 g/mol. The lowest BCUT2D eigenvalue weighted by atomic mass is 10.1. The number of hydrogen-bond donors (Lipinski definition) is 2. The van der Waals surface area contributed by atoms with Gasteiger partial charge in [0.05, 0.1) is 20.3 Å². The molecule has 0 aliphatic heterocycles. The van der Waals surface area contributed by atoms with Crippen LogP contribution in [-0.4, -0.2) is 22.2 Å². The van der Waals surface area contributed by atoms with Crippen LogP contribution < -0.4 is 4.74 Å². The van der Waals surface area contributed by atoms with E-state index in [4.69, 9.17) is 4.74 Å². The van der Waals surface area contributed by atoms with Crippen LogP contribution in [0.25, 0.3) is 0 Å². The maximum Gasteiger partial charge on any atom is 0.118 e. The van der Waals surface area contributed by atoms with Crippen molar-refractivity contribution in [3.63, 3.8) is 0 Å². The van der Waals surface area contributed by atoms with Gasteiger partial charge in [-0.05, 0) is 39.9 Å². The lowest BCUT2D eigenvalue weighted by Crippen LogP contribution is -2.22. The summed E-state index contributed by atoms with van der Waals surface area (Å²) in [6.45, 7) is 2.55. The molecule has 0 aliphatic rings. The Bertz CT molecular complexity index is 725. The van der Waals surface area contributed by atoms with Gasteiger partial charge >= 0.3 is 0 Å². The highest BCUT2D eigenvalue weighted by Crippen LogP contribution is 2.18. The van der Waals surface area contributed by atoms with Crippen molar-refractivity contribution in [2.24, 2.45) is 0 Å². The summed E-state index contributed by atoms with van der Waals surface area (Å²) in [5.41, 5.74) is 5.48. The van der Waals surface area contributed by atoms with Crippen LogP contribution in [0.1, 0.15) is 27.8 Å². The predicted octanol–water partition coefficient (Wildman–Crippen LogP) is 3.88. The third-order valence-corrected chi connectivity index (χ3v) is 4.79. The molecule has 0 heterocycles. The predicted molar refractivity (Wildman–Crippen MR) is 111 cm³/mol. The zero-order chi connectivity index (χ0) is 19.8. The Balaban J connectivity index is 1.76. The first-order valence-electron chi connectivity index (χ1n) is 9.43. The molecule has 0 bridgehead atoms. The zero-order valence-electron chi connectivity index (χ0n) is 16.2. The van der Waals surface area contributed by atoms with Crippen LogP contribution in [-0.2, 0) is 32.8 Å². The molecule has 0 aromatic heterocycles. The molecule has 4 heteroatoms. The van der Waals surface area contributed by atoms with E-state index < -0.39 is 0 Å². The molecule has 0 saturated heterocycles. The molecule has 3 aromatic rings. The second kappa shape index (κ2) is 10.0. The van der Waals surface area contributed by atoms with Gasteiger partial charge in [0.2, 0.25) is 0 Å². The van der Waals surface area contributed by atoms with Crippen LogP contribution in [0.5, 0.6) is 5.75 Å². The van der Waals surface area contributed by atoms with Crippen LogP contribution in [0.15, 0.2) is 72.8 Å². The van der Waals surface area contributed by atoms with Crippen molar-refractivity contribution in [1.29, 1.82) is 0 Å². The molecular formula is C24H27NO3. The van der Waals surface area contributed by atoms with Crippen molar-refractivity contribution in [2.45, 2.75) is 32.8 Å². The lowest BCUT2D eigenvalue weighted by Gasteiger charge is -2.23. The Morgan fingerprint density at radius 3 is 1.21 bits per heavy atom. The highest BCUT2D eigenvalue weighted by molar-refractivity contribution is 5.28. The summed E-state index contributed by atoms with van der Waals surface area (Å²) in [7, 11) is 1.67. The van der Waals surface area contributed by atoms with Gasteiger partial charge in [0, 0.05) is 19.6 Å². The van der Waals surface area contributed by atoms with Crippen molar-refractivity contribution >= 4 is 0 Å². The molecule has 146 valence electrons. The maximum atomic E-state index is 9.25. The molecule has 4 nitrogen and oxygen atoms in total. The Kier molecular flexibility index (Phi) is 7.20. The van der Waals surface area contributed by atoms with Crippen molar-refractivity contribution < 1.29 is 14.9 Å². The molecule has 2 N–H and O–H groups in total.